The molecule has 0 bridgehead atoms. The normalized spacial score (nSPS) is 25.4. The third-order valence-corrected chi connectivity index (χ3v) is 4.88. The van der Waals surface area contributed by atoms with E-state index in [-0.39, 0.29) is 18.1 Å². The molecule has 4 nitrogen and oxygen atoms in total. The molecule has 0 aliphatic carbocycles. The number of piperazine rings is 1. The van der Waals surface area contributed by atoms with Gasteiger partial charge in [-0.05, 0) is 30.9 Å². The van der Waals surface area contributed by atoms with Crippen molar-refractivity contribution in [1.29, 1.82) is 0 Å². The van der Waals surface area contributed by atoms with Gasteiger partial charge in [0.05, 0.1) is 12.1 Å². The molecule has 2 atom stereocenters. The van der Waals surface area contributed by atoms with Crippen molar-refractivity contribution in [2.75, 3.05) is 26.2 Å². The summed E-state index contributed by atoms with van der Waals surface area (Å²) < 4.78 is 5.62. The summed E-state index contributed by atoms with van der Waals surface area (Å²) in [7, 11) is 0. The van der Waals surface area contributed by atoms with Crippen molar-refractivity contribution in [2.45, 2.75) is 37.8 Å². The number of nitrogens with zero attached hydrogens (tertiary/aromatic N) is 1. The molecule has 2 unspecified atom stereocenters. The van der Waals surface area contributed by atoms with Crippen molar-refractivity contribution in [3.05, 3.63) is 34.9 Å². The molecular weight excluding hydrogens is 300 g/mol. The molecule has 0 saturated carbocycles. The number of carbonyl (C=O) groups excluding carboxylic acids is 1. The molecule has 2 fully saturated rings. The average molecular weight is 323 g/mol. The fourth-order valence-corrected chi connectivity index (χ4v) is 3.59. The number of benzene rings is 1. The smallest absolute Gasteiger partial charge is 0.223 e. The van der Waals surface area contributed by atoms with E-state index >= 15 is 0 Å². The first-order valence-electron chi connectivity index (χ1n) is 8.12. The maximum Gasteiger partial charge on any atom is 0.223 e. The molecular formula is C17H23ClN2O2. The van der Waals surface area contributed by atoms with Gasteiger partial charge in [0, 0.05) is 37.7 Å². The van der Waals surface area contributed by atoms with Gasteiger partial charge in [-0.1, -0.05) is 29.8 Å². The molecule has 1 amide bonds. The van der Waals surface area contributed by atoms with Crippen LogP contribution in [0.15, 0.2) is 24.3 Å². The number of hydrogen-bond acceptors (Lipinski definition) is 3. The number of hydrogen-bond donors (Lipinski definition) is 1. The maximum absolute atomic E-state index is 12.6. The van der Waals surface area contributed by atoms with Crippen LogP contribution < -0.4 is 5.32 Å². The van der Waals surface area contributed by atoms with Crippen LogP contribution in [0.2, 0.25) is 5.02 Å². The predicted octanol–water partition coefficient (Wildman–Crippen LogP) is 2.77. The minimum atomic E-state index is 0.0273. The number of carbonyl (C=O) groups is 1. The minimum Gasteiger partial charge on any atom is -0.378 e. The van der Waals surface area contributed by atoms with E-state index in [1.807, 2.05) is 29.2 Å². The molecule has 0 radical (unpaired) electrons. The molecule has 120 valence electrons. The molecule has 3 rings (SSSR count). The quantitative estimate of drug-likeness (QED) is 0.926. The Labute approximate surface area is 136 Å². The highest BCUT2D eigenvalue weighted by Crippen LogP contribution is 2.29. The Hall–Kier alpha value is -1.10. The number of halogens is 1. The molecule has 1 aromatic carbocycles. The first kappa shape index (κ1) is 15.8. The van der Waals surface area contributed by atoms with E-state index in [0.29, 0.717) is 6.42 Å². The highest BCUT2D eigenvalue weighted by Gasteiger charge is 2.29. The molecule has 2 saturated heterocycles. The molecule has 22 heavy (non-hydrogen) atoms. The first-order chi connectivity index (χ1) is 10.8. The van der Waals surface area contributed by atoms with E-state index in [2.05, 4.69) is 5.32 Å². The lowest BCUT2D eigenvalue weighted by atomic mass is 10.0. The summed E-state index contributed by atoms with van der Waals surface area (Å²) in [6.07, 6.45) is 3.87. The summed E-state index contributed by atoms with van der Waals surface area (Å²) in [5.41, 5.74) is 1.03. The van der Waals surface area contributed by atoms with Crippen molar-refractivity contribution in [1.82, 2.24) is 10.2 Å². The van der Waals surface area contributed by atoms with Crippen molar-refractivity contribution in [2.24, 2.45) is 0 Å². The Balaban J connectivity index is 1.66. The van der Waals surface area contributed by atoms with Crippen LogP contribution in [-0.4, -0.2) is 43.2 Å². The molecule has 5 heteroatoms. The summed E-state index contributed by atoms with van der Waals surface area (Å²) in [6, 6.07) is 7.83. The Bertz CT molecular complexity index is 517. The molecule has 2 aliphatic heterocycles. The topological polar surface area (TPSA) is 41.6 Å². The summed E-state index contributed by atoms with van der Waals surface area (Å²) in [5, 5.41) is 4.10. The van der Waals surface area contributed by atoms with E-state index in [0.717, 1.165) is 56.1 Å². The van der Waals surface area contributed by atoms with Crippen molar-refractivity contribution in [3.8, 4) is 0 Å². The van der Waals surface area contributed by atoms with Gasteiger partial charge in [-0.2, -0.15) is 0 Å². The van der Waals surface area contributed by atoms with Crippen LogP contribution in [0.25, 0.3) is 0 Å². The second kappa shape index (κ2) is 7.44. The van der Waals surface area contributed by atoms with Crippen LogP contribution in [0.5, 0.6) is 0 Å². The Morgan fingerprint density at radius 1 is 1.41 bits per heavy atom. The van der Waals surface area contributed by atoms with E-state index < -0.39 is 0 Å². The predicted molar refractivity (Wildman–Crippen MR) is 87.0 cm³/mol. The zero-order chi connectivity index (χ0) is 15.4. The number of rotatable bonds is 4. The Morgan fingerprint density at radius 3 is 3.05 bits per heavy atom. The van der Waals surface area contributed by atoms with Gasteiger partial charge in [0.25, 0.3) is 0 Å². The zero-order valence-electron chi connectivity index (χ0n) is 12.8. The second-order valence-electron chi connectivity index (χ2n) is 6.00. The molecule has 0 aromatic heterocycles. The molecule has 0 spiro atoms. The van der Waals surface area contributed by atoms with Crippen molar-refractivity contribution < 1.29 is 9.53 Å². The lowest BCUT2D eigenvalue weighted by Gasteiger charge is -2.37. The highest BCUT2D eigenvalue weighted by molar-refractivity contribution is 6.31. The largest absolute Gasteiger partial charge is 0.378 e. The van der Waals surface area contributed by atoms with Crippen molar-refractivity contribution in [3.63, 3.8) is 0 Å². The maximum atomic E-state index is 12.6. The van der Waals surface area contributed by atoms with Crippen LogP contribution in [0.3, 0.4) is 0 Å². The van der Waals surface area contributed by atoms with Gasteiger partial charge in [0.2, 0.25) is 5.91 Å². The number of nitrogens with one attached hydrogen (secondary N) is 1. The number of amides is 1. The SMILES string of the molecule is O=C(CCC1CCCO1)N1CCNCC1c1ccccc1Cl. The van der Waals surface area contributed by atoms with Gasteiger partial charge in [0.1, 0.15) is 0 Å². The van der Waals surface area contributed by atoms with Gasteiger partial charge in [-0.3, -0.25) is 4.79 Å². The Morgan fingerprint density at radius 2 is 2.27 bits per heavy atom. The summed E-state index contributed by atoms with van der Waals surface area (Å²) in [5.74, 6) is 0.210. The van der Waals surface area contributed by atoms with Gasteiger partial charge < -0.3 is 15.0 Å². The van der Waals surface area contributed by atoms with Gasteiger partial charge in [-0.15, -0.1) is 0 Å². The van der Waals surface area contributed by atoms with Crippen LogP contribution >= 0.6 is 11.6 Å². The van der Waals surface area contributed by atoms with Gasteiger partial charge >= 0.3 is 0 Å². The van der Waals surface area contributed by atoms with E-state index in [4.69, 9.17) is 16.3 Å². The summed E-state index contributed by atoms with van der Waals surface area (Å²) in [4.78, 5) is 14.6. The molecule has 1 N–H and O–H groups in total. The van der Waals surface area contributed by atoms with E-state index in [1.165, 1.54) is 0 Å². The molecule has 2 heterocycles. The lowest BCUT2D eigenvalue weighted by Crippen LogP contribution is -2.48. The monoisotopic (exact) mass is 322 g/mol. The van der Waals surface area contributed by atoms with Crippen molar-refractivity contribution >= 4 is 17.5 Å². The molecule has 2 aliphatic rings. The van der Waals surface area contributed by atoms with Gasteiger partial charge in [0.15, 0.2) is 0 Å². The summed E-state index contributed by atoms with van der Waals surface area (Å²) >= 11 is 6.32. The van der Waals surface area contributed by atoms with Crippen LogP contribution in [-0.2, 0) is 9.53 Å². The second-order valence-corrected chi connectivity index (χ2v) is 6.41. The van der Waals surface area contributed by atoms with E-state index in [1.54, 1.807) is 0 Å². The van der Waals surface area contributed by atoms with Crippen LogP contribution in [0.4, 0.5) is 0 Å². The van der Waals surface area contributed by atoms with Crippen LogP contribution in [0.1, 0.15) is 37.3 Å². The van der Waals surface area contributed by atoms with E-state index in [9.17, 15) is 4.79 Å². The zero-order valence-corrected chi connectivity index (χ0v) is 13.5. The number of ether oxygens (including phenoxy) is 1. The highest BCUT2D eigenvalue weighted by atomic mass is 35.5. The van der Waals surface area contributed by atoms with Gasteiger partial charge in [-0.25, -0.2) is 0 Å². The van der Waals surface area contributed by atoms with Crippen LogP contribution in [0, 0.1) is 0 Å². The fraction of sp³-hybridized carbons (Fsp3) is 0.588. The summed E-state index contributed by atoms with van der Waals surface area (Å²) in [6.45, 7) is 3.18. The third-order valence-electron chi connectivity index (χ3n) is 4.53. The lowest BCUT2D eigenvalue weighted by molar-refractivity contribution is -0.135. The molecule has 1 aromatic rings. The average Bonchev–Trinajstić information content (AvgIpc) is 3.06. The third kappa shape index (κ3) is 3.62. The Kier molecular flexibility index (Phi) is 5.34. The first-order valence-corrected chi connectivity index (χ1v) is 8.49. The fourth-order valence-electron chi connectivity index (χ4n) is 3.33. The minimum absolute atomic E-state index is 0.0273. The standard InChI is InChI=1S/C17H23ClN2O2/c18-15-6-2-1-5-14(15)16-12-19-9-10-20(16)17(21)8-7-13-4-3-11-22-13/h1-2,5-6,13,16,19H,3-4,7-12H2.